The van der Waals surface area contributed by atoms with Gasteiger partial charge in [-0.15, -0.1) is 0 Å². The van der Waals surface area contributed by atoms with E-state index >= 15 is 0 Å². The van der Waals surface area contributed by atoms with E-state index in [-0.39, 0.29) is 5.41 Å². The fraction of sp³-hybridized carbons (Fsp3) is 0.583. The molecule has 0 saturated carbocycles. The van der Waals surface area contributed by atoms with Crippen LogP contribution in [0.4, 0.5) is 0 Å². The summed E-state index contributed by atoms with van der Waals surface area (Å²) in [4.78, 5) is 4.10. The highest BCUT2D eigenvalue weighted by molar-refractivity contribution is 6.31. The second-order valence-electron chi connectivity index (χ2n) is 4.99. The molecule has 0 aliphatic rings. The molecule has 0 saturated heterocycles. The Kier molecular flexibility index (Phi) is 4.12. The molecule has 0 aromatic carbocycles. The largest absolute Gasteiger partial charge is 0.387 e. The number of hydrogen-bond donors (Lipinski definition) is 1. The molecule has 0 bridgehead atoms. The molecular weight excluding hydrogens is 210 g/mol. The molecule has 0 aliphatic heterocycles. The first-order chi connectivity index (χ1) is 6.90. The van der Waals surface area contributed by atoms with Gasteiger partial charge >= 0.3 is 0 Å². The minimum atomic E-state index is -0.557. The summed E-state index contributed by atoms with van der Waals surface area (Å²) in [6.45, 7) is 6.46. The summed E-state index contributed by atoms with van der Waals surface area (Å²) in [5.41, 5.74) is 0.811. The van der Waals surface area contributed by atoms with Crippen LogP contribution in [-0.2, 0) is 0 Å². The van der Waals surface area contributed by atoms with Crippen molar-refractivity contribution in [1.29, 1.82) is 0 Å². The molecule has 0 unspecified atom stereocenters. The van der Waals surface area contributed by atoms with Gasteiger partial charge in [0.2, 0.25) is 0 Å². The number of aliphatic hydroxyl groups is 1. The summed E-state index contributed by atoms with van der Waals surface area (Å²) in [7, 11) is 0. The minimum Gasteiger partial charge on any atom is -0.387 e. The molecule has 1 aromatic rings. The molecule has 0 radical (unpaired) electrons. The van der Waals surface area contributed by atoms with Crippen molar-refractivity contribution >= 4 is 11.6 Å². The molecule has 1 atom stereocenters. The molecule has 1 N–H and O–H groups in total. The molecule has 84 valence electrons. The Morgan fingerprint density at radius 3 is 2.67 bits per heavy atom. The number of halogens is 1. The quantitative estimate of drug-likeness (QED) is 0.856. The van der Waals surface area contributed by atoms with Gasteiger partial charge in [0.1, 0.15) is 0 Å². The molecule has 15 heavy (non-hydrogen) atoms. The second kappa shape index (κ2) is 4.95. The lowest BCUT2D eigenvalue weighted by Crippen LogP contribution is -2.09. The van der Waals surface area contributed by atoms with E-state index in [1.165, 1.54) is 0 Å². The molecule has 0 amide bonds. The van der Waals surface area contributed by atoms with Crippen molar-refractivity contribution in [3.63, 3.8) is 0 Å². The third-order valence-corrected chi connectivity index (χ3v) is 2.59. The first-order valence-electron chi connectivity index (χ1n) is 5.18. The molecule has 3 heteroatoms. The van der Waals surface area contributed by atoms with Gasteiger partial charge in [-0.3, -0.25) is 4.98 Å². The van der Waals surface area contributed by atoms with Crippen molar-refractivity contribution in [2.45, 2.75) is 39.7 Å². The van der Waals surface area contributed by atoms with E-state index in [2.05, 4.69) is 25.8 Å². The van der Waals surface area contributed by atoms with Crippen LogP contribution < -0.4 is 0 Å². The summed E-state index contributed by atoms with van der Waals surface area (Å²) in [6, 6.07) is 3.52. The van der Waals surface area contributed by atoms with E-state index in [0.717, 1.165) is 6.42 Å². The highest BCUT2D eigenvalue weighted by Crippen LogP contribution is 2.29. The fourth-order valence-corrected chi connectivity index (χ4v) is 1.60. The number of pyridine rings is 1. The summed E-state index contributed by atoms with van der Waals surface area (Å²) < 4.78 is 0. The highest BCUT2D eigenvalue weighted by Gasteiger charge is 2.17. The second-order valence-corrected chi connectivity index (χ2v) is 5.39. The molecule has 2 nitrogen and oxygen atoms in total. The molecule has 0 spiro atoms. The predicted molar refractivity (Wildman–Crippen MR) is 62.9 cm³/mol. The van der Waals surface area contributed by atoms with E-state index in [1.54, 1.807) is 18.3 Å². The van der Waals surface area contributed by atoms with Crippen molar-refractivity contribution in [3.05, 3.63) is 29.0 Å². The van der Waals surface area contributed by atoms with Crippen LogP contribution in [0.1, 0.15) is 45.4 Å². The standard InChI is InChI=1S/C12H18ClNO/c1-12(2,3)7-6-10(15)11-9(13)5-4-8-14-11/h4-5,8,10,15H,6-7H2,1-3H3/t10-/m0/s1. The molecule has 0 fully saturated rings. The predicted octanol–water partition coefficient (Wildman–Crippen LogP) is 3.59. The zero-order chi connectivity index (χ0) is 11.5. The summed E-state index contributed by atoms with van der Waals surface area (Å²) in [5, 5.41) is 10.5. The number of nitrogens with zero attached hydrogens (tertiary/aromatic N) is 1. The van der Waals surface area contributed by atoms with Crippen LogP contribution >= 0.6 is 11.6 Å². The van der Waals surface area contributed by atoms with Gasteiger partial charge in [-0.1, -0.05) is 32.4 Å². The van der Waals surface area contributed by atoms with E-state index in [0.29, 0.717) is 17.1 Å². The Morgan fingerprint density at radius 1 is 1.47 bits per heavy atom. The average Bonchev–Trinajstić information content (AvgIpc) is 2.14. The average molecular weight is 228 g/mol. The first kappa shape index (κ1) is 12.5. The lowest BCUT2D eigenvalue weighted by Gasteiger charge is -2.20. The van der Waals surface area contributed by atoms with Crippen molar-refractivity contribution < 1.29 is 5.11 Å². The van der Waals surface area contributed by atoms with Gasteiger partial charge < -0.3 is 5.11 Å². The van der Waals surface area contributed by atoms with Gasteiger partial charge in [0.25, 0.3) is 0 Å². The van der Waals surface area contributed by atoms with Crippen LogP contribution in [0, 0.1) is 5.41 Å². The summed E-state index contributed by atoms with van der Waals surface area (Å²) >= 11 is 5.95. The van der Waals surface area contributed by atoms with Crippen molar-refractivity contribution in [2.75, 3.05) is 0 Å². The fourth-order valence-electron chi connectivity index (χ4n) is 1.35. The van der Waals surface area contributed by atoms with E-state index in [4.69, 9.17) is 11.6 Å². The van der Waals surface area contributed by atoms with Crippen LogP contribution in [0.2, 0.25) is 5.02 Å². The first-order valence-corrected chi connectivity index (χ1v) is 5.56. The van der Waals surface area contributed by atoms with Crippen LogP contribution in [0.25, 0.3) is 0 Å². The van der Waals surface area contributed by atoms with Gasteiger partial charge in [-0.2, -0.15) is 0 Å². The Balaban J connectivity index is 2.62. The lowest BCUT2D eigenvalue weighted by molar-refractivity contribution is 0.143. The number of hydrogen-bond acceptors (Lipinski definition) is 2. The molecule has 1 heterocycles. The Hall–Kier alpha value is -0.600. The minimum absolute atomic E-state index is 0.224. The van der Waals surface area contributed by atoms with E-state index < -0.39 is 6.10 Å². The van der Waals surface area contributed by atoms with Crippen LogP contribution in [0.5, 0.6) is 0 Å². The topological polar surface area (TPSA) is 33.1 Å². The van der Waals surface area contributed by atoms with Crippen molar-refractivity contribution in [3.8, 4) is 0 Å². The Labute approximate surface area is 96.3 Å². The van der Waals surface area contributed by atoms with Gasteiger partial charge in [0.15, 0.2) is 0 Å². The third kappa shape index (κ3) is 4.18. The molecule has 1 rings (SSSR count). The zero-order valence-electron chi connectivity index (χ0n) is 9.50. The third-order valence-electron chi connectivity index (χ3n) is 2.27. The maximum Gasteiger partial charge on any atom is 0.0975 e. The Bertz CT molecular complexity index is 320. The van der Waals surface area contributed by atoms with E-state index in [9.17, 15) is 5.11 Å². The van der Waals surface area contributed by atoms with Gasteiger partial charge in [0.05, 0.1) is 16.8 Å². The van der Waals surface area contributed by atoms with Gasteiger partial charge in [-0.05, 0) is 30.4 Å². The molecule has 0 aliphatic carbocycles. The highest BCUT2D eigenvalue weighted by atomic mass is 35.5. The van der Waals surface area contributed by atoms with Crippen LogP contribution in [-0.4, -0.2) is 10.1 Å². The van der Waals surface area contributed by atoms with Crippen LogP contribution in [0.15, 0.2) is 18.3 Å². The maximum absolute atomic E-state index is 9.92. The SMILES string of the molecule is CC(C)(C)CC[C@H](O)c1ncccc1Cl. The van der Waals surface area contributed by atoms with E-state index in [1.807, 2.05) is 0 Å². The summed E-state index contributed by atoms with van der Waals surface area (Å²) in [6.07, 6.45) is 2.74. The summed E-state index contributed by atoms with van der Waals surface area (Å²) in [5.74, 6) is 0. The van der Waals surface area contributed by atoms with Gasteiger partial charge in [0, 0.05) is 6.20 Å². The smallest absolute Gasteiger partial charge is 0.0975 e. The number of aromatic nitrogens is 1. The van der Waals surface area contributed by atoms with Crippen molar-refractivity contribution in [2.24, 2.45) is 5.41 Å². The number of aliphatic hydroxyl groups excluding tert-OH is 1. The number of rotatable bonds is 3. The Morgan fingerprint density at radius 2 is 2.13 bits per heavy atom. The lowest BCUT2D eigenvalue weighted by atomic mass is 9.89. The maximum atomic E-state index is 9.92. The molecule has 1 aromatic heterocycles. The van der Waals surface area contributed by atoms with Crippen LogP contribution in [0.3, 0.4) is 0 Å². The zero-order valence-corrected chi connectivity index (χ0v) is 10.3. The van der Waals surface area contributed by atoms with Gasteiger partial charge in [-0.25, -0.2) is 0 Å². The normalized spacial score (nSPS) is 13.9. The van der Waals surface area contributed by atoms with Crippen molar-refractivity contribution in [1.82, 2.24) is 4.98 Å². The molecular formula is C12H18ClNO. The monoisotopic (exact) mass is 227 g/mol.